The van der Waals surface area contributed by atoms with Crippen molar-refractivity contribution in [2.24, 2.45) is 12.5 Å². The van der Waals surface area contributed by atoms with Crippen LogP contribution >= 0.6 is 23.5 Å². The molecule has 1 aliphatic carbocycles. The number of likely N-dealkylation sites (tertiary alicyclic amines) is 1. The maximum atomic E-state index is 13.1. The molecular formula is C34H38ClN9O5S. The number of piperidine rings is 2. The summed E-state index contributed by atoms with van der Waals surface area (Å²) in [5, 5.41) is 11.0. The molecule has 0 radical (unpaired) electrons. The van der Waals surface area contributed by atoms with Crippen LogP contribution in [0.1, 0.15) is 54.4 Å². The number of aryl methyl sites for hydroxylation is 1. The molecular weight excluding hydrogens is 682 g/mol. The van der Waals surface area contributed by atoms with E-state index in [-0.39, 0.29) is 37.3 Å². The van der Waals surface area contributed by atoms with Gasteiger partial charge in [-0.2, -0.15) is 5.10 Å². The molecule has 6 heterocycles. The zero-order chi connectivity index (χ0) is 34.6. The summed E-state index contributed by atoms with van der Waals surface area (Å²) in [5.74, 6) is -0.0684. The van der Waals surface area contributed by atoms with E-state index in [1.165, 1.54) is 4.90 Å². The Morgan fingerprint density at radius 1 is 1.14 bits per heavy atom. The minimum Gasteiger partial charge on any atom is -0.483 e. The number of carbonyl (C=O) groups is 4. The van der Waals surface area contributed by atoms with Crippen LogP contribution in [0.4, 0.5) is 5.95 Å². The summed E-state index contributed by atoms with van der Waals surface area (Å²) in [7, 11) is 1.86. The van der Waals surface area contributed by atoms with Crippen LogP contribution in [0.25, 0.3) is 11.3 Å². The quantitative estimate of drug-likeness (QED) is 0.248. The van der Waals surface area contributed by atoms with Crippen molar-refractivity contribution in [2.75, 3.05) is 38.1 Å². The van der Waals surface area contributed by atoms with E-state index in [1.54, 1.807) is 35.3 Å². The van der Waals surface area contributed by atoms with Gasteiger partial charge in [-0.05, 0) is 44.2 Å². The molecule has 14 nitrogen and oxygen atoms in total. The first-order valence-corrected chi connectivity index (χ1v) is 18.2. The van der Waals surface area contributed by atoms with Crippen LogP contribution in [0, 0.1) is 5.41 Å². The summed E-state index contributed by atoms with van der Waals surface area (Å²) in [6.45, 7) is 3.58. The minimum atomic E-state index is -0.701. The lowest BCUT2D eigenvalue weighted by Gasteiger charge is -2.59. The molecule has 1 spiro atoms. The highest BCUT2D eigenvalue weighted by Crippen LogP contribution is 2.52. The Balaban J connectivity index is 0.759. The maximum absolute atomic E-state index is 13.1. The predicted octanol–water partition coefficient (Wildman–Crippen LogP) is 2.89. The first-order valence-electron chi connectivity index (χ1n) is 17.0. The number of aromatic nitrogens is 4. The van der Waals surface area contributed by atoms with Gasteiger partial charge >= 0.3 is 0 Å². The Bertz CT molecular complexity index is 1850. The Morgan fingerprint density at radius 2 is 1.94 bits per heavy atom. The average Bonchev–Trinajstić information content (AvgIpc) is 3.65. The Labute approximate surface area is 298 Å². The third kappa shape index (κ3) is 6.42. The molecule has 0 bridgehead atoms. The van der Waals surface area contributed by atoms with Gasteiger partial charge in [-0.3, -0.25) is 29.2 Å². The van der Waals surface area contributed by atoms with Gasteiger partial charge < -0.3 is 19.9 Å². The minimum absolute atomic E-state index is 0.0782. The molecule has 8 rings (SSSR count). The van der Waals surface area contributed by atoms with Crippen molar-refractivity contribution in [3.8, 4) is 17.0 Å². The number of fused-ring (bicyclic) bond motifs is 1. The lowest BCUT2D eigenvalue weighted by Crippen LogP contribution is -2.63. The molecule has 16 heteroatoms. The smallest absolute Gasteiger partial charge is 0.260 e. The predicted molar refractivity (Wildman–Crippen MR) is 185 cm³/mol. The first-order chi connectivity index (χ1) is 24.1. The van der Waals surface area contributed by atoms with E-state index in [2.05, 4.69) is 30.0 Å². The molecule has 262 valence electrons. The van der Waals surface area contributed by atoms with Crippen LogP contribution in [0.5, 0.6) is 5.75 Å². The van der Waals surface area contributed by atoms with Gasteiger partial charge in [0.1, 0.15) is 11.8 Å². The molecule has 4 aliphatic heterocycles. The summed E-state index contributed by atoms with van der Waals surface area (Å²) in [6, 6.07) is 4.82. The Hall–Kier alpha value is -4.21. The van der Waals surface area contributed by atoms with Gasteiger partial charge in [0.15, 0.2) is 6.61 Å². The molecule has 2 N–H and O–H groups in total. The standard InChI is InChI=1S/C34H38ClN9O5S/c1-41-15-20(13-37-41)30-25(35)14-36-33(40-30)38-21-11-34(12-21)18-43(19-34)50-22-7-9-42(10-8-22)29(46)17-49-27-4-2-3-23-24(27)16-44(32(23)48)26-5-6-28(45)39-31(26)47/h2-4,13-15,21-22,26H,5-12,16-19H2,1H3,(H,36,38,40)(H,39,45,47). The number of ether oxygens (including phenoxy) is 1. The number of nitrogens with zero attached hydrogens (tertiary/aromatic N) is 7. The largest absolute Gasteiger partial charge is 0.483 e. The lowest BCUT2D eigenvalue weighted by atomic mass is 9.61. The van der Waals surface area contributed by atoms with Crippen LogP contribution in [-0.4, -0.2) is 108 Å². The zero-order valence-corrected chi connectivity index (χ0v) is 29.2. The van der Waals surface area contributed by atoms with Crippen LogP contribution in [0.3, 0.4) is 0 Å². The van der Waals surface area contributed by atoms with Crippen molar-refractivity contribution in [1.29, 1.82) is 0 Å². The van der Waals surface area contributed by atoms with Crippen molar-refractivity contribution in [1.82, 2.24) is 39.2 Å². The average molecular weight is 720 g/mol. The fourth-order valence-electron chi connectivity index (χ4n) is 7.83. The molecule has 1 aromatic carbocycles. The topological polar surface area (TPSA) is 155 Å². The van der Waals surface area contributed by atoms with E-state index in [0.29, 0.717) is 69.8 Å². The maximum Gasteiger partial charge on any atom is 0.260 e. The second-order valence-corrected chi connectivity index (χ2v) is 15.8. The van der Waals surface area contributed by atoms with Gasteiger partial charge in [0.25, 0.3) is 11.8 Å². The number of hydrogen-bond acceptors (Lipinski definition) is 11. The Morgan fingerprint density at radius 3 is 2.68 bits per heavy atom. The fourth-order valence-corrected chi connectivity index (χ4v) is 9.57. The molecule has 3 saturated heterocycles. The third-order valence-electron chi connectivity index (χ3n) is 10.4. The van der Waals surface area contributed by atoms with Crippen LogP contribution in [0.2, 0.25) is 5.02 Å². The SMILES string of the molecule is Cn1cc(-c2nc(NC3CC4(C3)CN(SC3CCN(C(=O)COc5cccc6c5CN(C5CCC(=O)NC5=O)C6=O)CC3)C4)ncc2Cl)cn1. The summed E-state index contributed by atoms with van der Waals surface area (Å²) in [5.41, 5.74) is 3.01. The second kappa shape index (κ2) is 13.2. The van der Waals surface area contributed by atoms with E-state index >= 15 is 0 Å². The lowest BCUT2D eigenvalue weighted by molar-refractivity contribution is -0.137. The number of amides is 4. The van der Waals surface area contributed by atoms with Crippen LogP contribution < -0.4 is 15.4 Å². The third-order valence-corrected chi connectivity index (χ3v) is 12.0. The molecule has 1 saturated carbocycles. The molecule has 1 unspecified atom stereocenters. The molecule has 4 amide bonds. The highest BCUT2D eigenvalue weighted by molar-refractivity contribution is 7.97. The molecule has 4 fully saturated rings. The van der Waals surface area contributed by atoms with E-state index in [9.17, 15) is 19.2 Å². The normalized spacial score (nSPS) is 22.3. The fraction of sp³-hybridized carbons (Fsp3) is 0.500. The highest BCUT2D eigenvalue weighted by Gasteiger charge is 2.53. The summed E-state index contributed by atoms with van der Waals surface area (Å²) >= 11 is 8.29. The van der Waals surface area contributed by atoms with E-state index in [4.69, 9.17) is 16.3 Å². The number of imide groups is 1. The number of nitrogens with one attached hydrogen (secondary N) is 2. The van der Waals surface area contributed by atoms with Gasteiger partial charge in [0, 0.05) is 79.2 Å². The van der Waals surface area contributed by atoms with E-state index in [1.807, 2.05) is 30.1 Å². The number of rotatable bonds is 9. The zero-order valence-electron chi connectivity index (χ0n) is 27.6. The van der Waals surface area contributed by atoms with Crippen molar-refractivity contribution < 1.29 is 23.9 Å². The first kappa shape index (κ1) is 33.0. The summed E-state index contributed by atoms with van der Waals surface area (Å²) in [6.07, 6.45) is 9.77. The summed E-state index contributed by atoms with van der Waals surface area (Å²) < 4.78 is 10.2. The monoisotopic (exact) mass is 719 g/mol. The van der Waals surface area contributed by atoms with Crippen molar-refractivity contribution >= 4 is 53.1 Å². The van der Waals surface area contributed by atoms with Crippen LogP contribution in [0.15, 0.2) is 36.8 Å². The van der Waals surface area contributed by atoms with Crippen molar-refractivity contribution in [3.63, 3.8) is 0 Å². The molecule has 3 aromatic rings. The van der Waals surface area contributed by atoms with E-state index < -0.39 is 11.9 Å². The number of hydrogen-bond donors (Lipinski definition) is 2. The summed E-state index contributed by atoms with van der Waals surface area (Å²) in [4.78, 5) is 62.6. The number of carbonyl (C=O) groups excluding carboxylic acids is 4. The van der Waals surface area contributed by atoms with Gasteiger partial charge in [0.2, 0.25) is 17.8 Å². The number of benzene rings is 1. The van der Waals surface area contributed by atoms with Crippen LogP contribution in [-0.2, 0) is 28.0 Å². The highest BCUT2D eigenvalue weighted by atomic mass is 35.5. The van der Waals surface area contributed by atoms with Gasteiger partial charge in [-0.1, -0.05) is 29.6 Å². The van der Waals surface area contributed by atoms with Gasteiger partial charge in [-0.25, -0.2) is 14.3 Å². The number of halogens is 1. The Kier molecular flexibility index (Phi) is 8.68. The molecule has 2 aromatic heterocycles. The van der Waals surface area contributed by atoms with Gasteiger partial charge in [-0.15, -0.1) is 0 Å². The van der Waals surface area contributed by atoms with E-state index in [0.717, 1.165) is 44.3 Å². The number of anilines is 1. The van der Waals surface area contributed by atoms with Gasteiger partial charge in [0.05, 0.1) is 29.7 Å². The molecule has 50 heavy (non-hydrogen) atoms. The second-order valence-electron chi connectivity index (χ2n) is 14.0. The molecule has 1 atom stereocenters. The van der Waals surface area contributed by atoms with Crippen molar-refractivity contribution in [3.05, 3.63) is 52.9 Å². The van der Waals surface area contributed by atoms with Crippen molar-refractivity contribution in [2.45, 2.75) is 62.4 Å². The molecule has 5 aliphatic rings.